The number of carbonyl (C=O) groups is 2. The maximum Gasteiger partial charge on any atom is 0.340 e. The third-order valence-corrected chi connectivity index (χ3v) is 3.95. The number of benzene rings is 1. The molecule has 114 valence electrons. The molecular weight excluding hydrogens is 298 g/mol. The van der Waals surface area contributed by atoms with Crippen molar-refractivity contribution < 1.29 is 14.3 Å². The van der Waals surface area contributed by atoms with E-state index in [1.165, 1.54) is 18.3 Å². The molecule has 0 aliphatic rings. The Morgan fingerprint density at radius 3 is 2.64 bits per heavy atom. The molecule has 2 aromatic rings. The zero-order chi connectivity index (χ0) is 16.1. The van der Waals surface area contributed by atoms with Crippen LogP contribution in [0.25, 0.3) is 11.6 Å². The minimum Gasteiger partial charge on any atom is -0.449 e. The summed E-state index contributed by atoms with van der Waals surface area (Å²) in [5.41, 5.74) is 7.54. The van der Waals surface area contributed by atoms with E-state index in [-0.39, 0.29) is 0 Å². The van der Waals surface area contributed by atoms with Crippen LogP contribution in [-0.2, 0) is 14.3 Å². The molecule has 5 heteroatoms. The predicted octanol–water partition coefficient (Wildman–Crippen LogP) is 3.01. The van der Waals surface area contributed by atoms with Crippen molar-refractivity contribution in [2.24, 2.45) is 5.73 Å². The van der Waals surface area contributed by atoms with Gasteiger partial charge in [-0.25, -0.2) is 4.79 Å². The van der Waals surface area contributed by atoms with Gasteiger partial charge in [0.25, 0.3) is 5.91 Å². The lowest BCUT2D eigenvalue weighted by Crippen LogP contribution is -2.30. The van der Waals surface area contributed by atoms with E-state index in [9.17, 15) is 9.59 Å². The zero-order valence-corrected chi connectivity index (χ0v) is 13.2. The minimum absolute atomic E-state index is 0.411. The predicted molar refractivity (Wildman–Crippen MR) is 88.1 cm³/mol. The maximum atomic E-state index is 12.4. The lowest BCUT2D eigenvalue weighted by atomic mass is 10.1. The first-order chi connectivity index (χ1) is 10.5. The highest BCUT2D eigenvalue weighted by Crippen LogP contribution is 2.25. The van der Waals surface area contributed by atoms with Gasteiger partial charge in [-0.1, -0.05) is 35.9 Å². The number of amides is 1. The SMILES string of the molecule is Cc1cccc(/C=C(/C(=O)O[C@H](C)C(N)=O)c2cccs2)c1. The van der Waals surface area contributed by atoms with Crippen molar-refractivity contribution in [3.8, 4) is 0 Å². The molecule has 0 radical (unpaired) electrons. The van der Waals surface area contributed by atoms with Crippen LogP contribution in [0.2, 0.25) is 0 Å². The number of aryl methyl sites for hydroxylation is 1. The molecule has 0 bridgehead atoms. The smallest absolute Gasteiger partial charge is 0.340 e. The van der Waals surface area contributed by atoms with Crippen LogP contribution in [0.1, 0.15) is 22.9 Å². The van der Waals surface area contributed by atoms with Crippen LogP contribution in [0.15, 0.2) is 41.8 Å². The number of esters is 1. The molecular formula is C17H17NO3S. The molecule has 0 saturated heterocycles. The molecule has 0 fully saturated rings. The normalized spacial score (nSPS) is 12.7. The van der Waals surface area contributed by atoms with Crippen molar-refractivity contribution in [2.45, 2.75) is 20.0 Å². The number of nitrogens with two attached hydrogens (primary N) is 1. The van der Waals surface area contributed by atoms with Crippen LogP contribution in [0.4, 0.5) is 0 Å². The summed E-state index contributed by atoms with van der Waals surface area (Å²) in [7, 11) is 0. The van der Waals surface area contributed by atoms with Gasteiger partial charge in [0.1, 0.15) is 0 Å². The topological polar surface area (TPSA) is 69.4 Å². The second kappa shape index (κ2) is 7.04. The molecule has 1 amide bonds. The Balaban J connectivity index is 2.35. The van der Waals surface area contributed by atoms with Crippen molar-refractivity contribution in [1.82, 2.24) is 0 Å². The average Bonchev–Trinajstić information content (AvgIpc) is 2.98. The van der Waals surface area contributed by atoms with E-state index in [0.29, 0.717) is 5.57 Å². The molecule has 22 heavy (non-hydrogen) atoms. The van der Waals surface area contributed by atoms with Crippen molar-refractivity contribution >= 4 is 34.9 Å². The number of thiophene rings is 1. The molecule has 0 saturated carbocycles. The summed E-state index contributed by atoms with van der Waals surface area (Å²) in [5.74, 6) is -1.23. The third-order valence-electron chi connectivity index (χ3n) is 3.04. The summed E-state index contributed by atoms with van der Waals surface area (Å²) in [6.45, 7) is 3.44. The molecule has 0 aliphatic carbocycles. The van der Waals surface area contributed by atoms with Gasteiger partial charge in [0, 0.05) is 4.88 Å². The van der Waals surface area contributed by atoms with Crippen LogP contribution < -0.4 is 5.73 Å². The largest absolute Gasteiger partial charge is 0.449 e. The second-order valence-electron chi connectivity index (χ2n) is 4.90. The highest BCUT2D eigenvalue weighted by atomic mass is 32.1. The van der Waals surface area contributed by atoms with E-state index in [1.807, 2.05) is 48.7 Å². The van der Waals surface area contributed by atoms with Gasteiger partial charge in [-0.2, -0.15) is 0 Å². The molecule has 4 nitrogen and oxygen atoms in total. The Hall–Kier alpha value is -2.40. The molecule has 1 aromatic heterocycles. The number of carbonyl (C=O) groups excluding carboxylic acids is 2. The number of rotatable bonds is 5. The Kier molecular flexibility index (Phi) is 5.12. The third kappa shape index (κ3) is 4.05. The van der Waals surface area contributed by atoms with Crippen LogP contribution in [-0.4, -0.2) is 18.0 Å². The number of ether oxygens (including phenoxy) is 1. The zero-order valence-electron chi connectivity index (χ0n) is 12.4. The van der Waals surface area contributed by atoms with Crippen molar-refractivity contribution in [3.63, 3.8) is 0 Å². The van der Waals surface area contributed by atoms with E-state index >= 15 is 0 Å². The first-order valence-electron chi connectivity index (χ1n) is 6.80. The van der Waals surface area contributed by atoms with E-state index < -0.39 is 18.0 Å². The van der Waals surface area contributed by atoms with Gasteiger partial charge < -0.3 is 10.5 Å². The Bertz CT molecular complexity index is 704. The van der Waals surface area contributed by atoms with Crippen molar-refractivity contribution in [1.29, 1.82) is 0 Å². The van der Waals surface area contributed by atoms with Crippen LogP contribution in [0, 0.1) is 6.92 Å². The number of primary amides is 1. The summed E-state index contributed by atoms with van der Waals surface area (Å²) in [6.07, 6.45) is 0.794. The first kappa shape index (κ1) is 16.0. The first-order valence-corrected chi connectivity index (χ1v) is 7.68. The van der Waals surface area contributed by atoms with Crippen molar-refractivity contribution in [2.75, 3.05) is 0 Å². The fraction of sp³-hybridized carbons (Fsp3) is 0.176. The molecule has 2 rings (SSSR count). The molecule has 1 atom stereocenters. The van der Waals surface area contributed by atoms with E-state index in [1.54, 1.807) is 6.08 Å². The molecule has 0 unspecified atom stereocenters. The summed E-state index contributed by atoms with van der Waals surface area (Å²) < 4.78 is 5.13. The standard InChI is InChI=1S/C17H17NO3S/c1-11-5-3-6-13(9-11)10-14(15-7-4-8-22-15)17(20)21-12(2)16(18)19/h3-10,12H,1-2H3,(H2,18,19)/b14-10+/t12-/m1/s1. The van der Waals surface area contributed by atoms with Gasteiger partial charge in [0.15, 0.2) is 6.10 Å². The van der Waals surface area contributed by atoms with E-state index in [4.69, 9.17) is 10.5 Å². The monoisotopic (exact) mass is 315 g/mol. The molecule has 1 aromatic carbocycles. The molecule has 2 N–H and O–H groups in total. The van der Waals surface area contributed by atoms with Gasteiger partial charge in [0.05, 0.1) is 5.57 Å². The molecule has 0 aliphatic heterocycles. The van der Waals surface area contributed by atoms with Gasteiger partial charge in [-0.05, 0) is 36.9 Å². The van der Waals surface area contributed by atoms with Crippen LogP contribution >= 0.6 is 11.3 Å². The van der Waals surface area contributed by atoms with Crippen LogP contribution in [0.5, 0.6) is 0 Å². The summed E-state index contributed by atoms with van der Waals surface area (Å²) in [5, 5.41) is 1.88. The molecule has 0 spiro atoms. The summed E-state index contributed by atoms with van der Waals surface area (Å²) in [4.78, 5) is 24.2. The number of hydrogen-bond acceptors (Lipinski definition) is 4. The van der Waals surface area contributed by atoms with Gasteiger partial charge >= 0.3 is 5.97 Å². The van der Waals surface area contributed by atoms with Gasteiger partial charge in [-0.15, -0.1) is 11.3 Å². The maximum absolute atomic E-state index is 12.4. The lowest BCUT2D eigenvalue weighted by Gasteiger charge is -2.11. The lowest BCUT2D eigenvalue weighted by molar-refractivity contribution is -0.147. The average molecular weight is 315 g/mol. The van der Waals surface area contributed by atoms with E-state index in [0.717, 1.165) is 16.0 Å². The summed E-state index contributed by atoms with van der Waals surface area (Å²) in [6, 6.07) is 11.5. The Morgan fingerprint density at radius 1 is 1.27 bits per heavy atom. The highest BCUT2D eigenvalue weighted by molar-refractivity contribution is 7.11. The van der Waals surface area contributed by atoms with E-state index in [2.05, 4.69) is 0 Å². The van der Waals surface area contributed by atoms with Crippen molar-refractivity contribution in [3.05, 3.63) is 57.8 Å². The second-order valence-corrected chi connectivity index (χ2v) is 5.85. The minimum atomic E-state index is -0.964. The Morgan fingerprint density at radius 2 is 2.05 bits per heavy atom. The van der Waals surface area contributed by atoms with Gasteiger partial charge in [0.2, 0.25) is 0 Å². The van der Waals surface area contributed by atoms with Crippen LogP contribution in [0.3, 0.4) is 0 Å². The fourth-order valence-corrected chi connectivity index (χ4v) is 2.60. The molecule has 1 heterocycles. The Labute approximate surface area is 133 Å². The number of hydrogen-bond donors (Lipinski definition) is 1. The quantitative estimate of drug-likeness (QED) is 0.681. The van der Waals surface area contributed by atoms with Gasteiger partial charge in [-0.3, -0.25) is 4.79 Å². The fourth-order valence-electron chi connectivity index (χ4n) is 1.87. The highest BCUT2D eigenvalue weighted by Gasteiger charge is 2.20. The summed E-state index contributed by atoms with van der Waals surface area (Å²) >= 11 is 1.43.